The van der Waals surface area contributed by atoms with Crippen molar-refractivity contribution in [3.05, 3.63) is 18.0 Å². The highest BCUT2D eigenvalue weighted by molar-refractivity contribution is 5.80. The van der Waals surface area contributed by atoms with Gasteiger partial charge in [0.25, 0.3) is 0 Å². The molecule has 22 heavy (non-hydrogen) atoms. The summed E-state index contributed by atoms with van der Waals surface area (Å²) in [5.41, 5.74) is -0.0853. The van der Waals surface area contributed by atoms with Crippen LogP contribution in [0.4, 0.5) is 10.7 Å². The molecule has 0 saturated carbocycles. The van der Waals surface area contributed by atoms with E-state index < -0.39 is 23.7 Å². The van der Waals surface area contributed by atoms with Crippen LogP contribution in [0.1, 0.15) is 26.3 Å². The Hall–Kier alpha value is -2.38. The molecule has 1 amide bonds. The smallest absolute Gasteiger partial charge is 0.408 e. The second-order valence-electron chi connectivity index (χ2n) is 6.03. The van der Waals surface area contributed by atoms with Gasteiger partial charge in [0, 0.05) is 32.9 Å². The van der Waals surface area contributed by atoms with Gasteiger partial charge >= 0.3 is 12.1 Å². The Morgan fingerprint density at radius 1 is 1.32 bits per heavy atom. The molecule has 8 heteroatoms. The average Bonchev–Trinajstić information content (AvgIpc) is 2.36. The number of nitrogens with one attached hydrogen (secondary N) is 1. The molecule has 0 bridgehead atoms. The van der Waals surface area contributed by atoms with Crippen LogP contribution in [-0.2, 0) is 16.0 Å². The van der Waals surface area contributed by atoms with Crippen LogP contribution in [0, 0.1) is 0 Å². The first-order valence-corrected chi connectivity index (χ1v) is 6.79. The fourth-order valence-electron chi connectivity index (χ4n) is 1.57. The van der Waals surface area contributed by atoms with E-state index in [1.54, 1.807) is 39.8 Å². The Balaban J connectivity index is 2.72. The van der Waals surface area contributed by atoms with Crippen molar-refractivity contribution >= 4 is 18.0 Å². The number of hydrogen-bond acceptors (Lipinski definition) is 6. The number of hydrogen-bond donors (Lipinski definition) is 2. The van der Waals surface area contributed by atoms with Crippen molar-refractivity contribution in [3.8, 4) is 0 Å². The van der Waals surface area contributed by atoms with E-state index in [1.165, 1.54) is 12.4 Å². The molecule has 0 radical (unpaired) electrons. The zero-order valence-electron chi connectivity index (χ0n) is 13.5. The summed E-state index contributed by atoms with van der Waals surface area (Å²) >= 11 is 0. The predicted octanol–water partition coefficient (Wildman–Crippen LogP) is 1.06. The lowest BCUT2D eigenvalue weighted by Gasteiger charge is -2.22. The van der Waals surface area contributed by atoms with Gasteiger partial charge in [0.1, 0.15) is 11.6 Å². The largest absolute Gasteiger partial charge is 0.480 e. The Morgan fingerprint density at radius 2 is 1.86 bits per heavy atom. The minimum Gasteiger partial charge on any atom is -0.480 e. The third kappa shape index (κ3) is 5.94. The lowest BCUT2D eigenvalue weighted by Crippen LogP contribution is -2.44. The highest BCUT2D eigenvalue weighted by Gasteiger charge is 2.24. The van der Waals surface area contributed by atoms with E-state index in [1.807, 2.05) is 0 Å². The average molecular weight is 310 g/mol. The topological polar surface area (TPSA) is 105 Å². The molecule has 1 aromatic heterocycles. The van der Waals surface area contributed by atoms with Crippen LogP contribution in [0.5, 0.6) is 0 Å². The Morgan fingerprint density at radius 3 is 2.27 bits per heavy atom. The first kappa shape index (κ1) is 17.7. The molecule has 2 N–H and O–H groups in total. The zero-order chi connectivity index (χ0) is 16.9. The van der Waals surface area contributed by atoms with Crippen LogP contribution in [0.15, 0.2) is 12.4 Å². The summed E-state index contributed by atoms with van der Waals surface area (Å²) in [5, 5.41) is 11.5. The standard InChI is InChI=1S/C14H22N4O4/c1-14(2,3)22-13(21)17-10(11(19)20)6-9-7-15-12(16-8-9)18(4)5/h7-8,10H,6H2,1-5H3,(H,17,21)(H,19,20). The van der Waals surface area contributed by atoms with Gasteiger partial charge in [-0.1, -0.05) is 0 Å². The second-order valence-corrected chi connectivity index (χ2v) is 6.03. The SMILES string of the molecule is CN(C)c1ncc(CC(NC(=O)OC(C)(C)C)C(=O)O)cn1. The van der Waals surface area contributed by atoms with Crippen LogP contribution >= 0.6 is 0 Å². The lowest BCUT2D eigenvalue weighted by atomic mass is 10.1. The van der Waals surface area contributed by atoms with Crippen molar-refractivity contribution in [2.24, 2.45) is 0 Å². The highest BCUT2D eigenvalue weighted by atomic mass is 16.6. The number of anilines is 1. The van der Waals surface area contributed by atoms with Crippen molar-refractivity contribution in [2.45, 2.75) is 38.8 Å². The number of ether oxygens (including phenoxy) is 1. The van der Waals surface area contributed by atoms with Gasteiger partial charge in [-0.15, -0.1) is 0 Å². The Bertz CT molecular complexity index is 523. The summed E-state index contributed by atoms with van der Waals surface area (Å²) in [6.45, 7) is 5.11. The molecule has 1 heterocycles. The highest BCUT2D eigenvalue weighted by Crippen LogP contribution is 2.09. The molecule has 1 unspecified atom stereocenters. The molecule has 0 aliphatic heterocycles. The molecule has 0 spiro atoms. The maximum absolute atomic E-state index is 11.7. The van der Waals surface area contributed by atoms with E-state index in [-0.39, 0.29) is 6.42 Å². The van der Waals surface area contributed by atoms with Crippen LogP contribution in [0.2, 0.25) is 0 Å². The molecule has 1 aromatic rings. The molecule has 1 rings (SSSR count). The van der Waals surface area contributed by atoms with Gasteiger partial charge in [0.15, 0.2) is 0 Å². The number of carbonyl (C=O) groups is 2. The molecular formula is C14H22N4O4. The van der Waals surface area contributed by atoms with Crippen LogP contribution in [-0.4, -0.2) is 52.9 Å². The molecule has 0 saturated heterocycles. The monoisotopic (exact) mass is 310 g/mol. The summed E-state index contributed by atoms with van der Waals surface area (Å²) in [7, 11) is 3.61. The van der Waals surface area contributed by atoms with Gasteiger partial charge in [0.2, 0.25) is 5.95 Å². The van der Waals surface area contributed by atoms with Crippen molar-refractivity contribution in [1.82, 2.24) is 15.3 Å². The maximum atomic E-state index is 11.7. The van der Waals surface area contributed by atoms with Crippen molar-refractivity contribution < 1.29 is 19.4 Å². The van der Waals surface area contributed by atoms with E-state index in [4.69, 9.17) is 4.74 Å². The van der Waals surface area contributed by atoms with Crippen molar-refractivity contribution in [1.29, 1.82) is 0 Å². The van der Waals surface area contributed by atoms with Crippen LogP contribution in [0.25, 0.3) is 0 Å². The number of alkyl carbamates (subject to hydrolysis) is 1. The maximum Gasteiger partial charge on any atom is 0.408 e. The van der Waals surface area contributed by atoms with Gasteiger partial charge in [-0.05, 0) is 26.3 Å². The molecular weight excluding hydrogens is 288 g/mol. The molecule has 8 nitrogen and oxygen atoms in total. The fraction of sp³-hybridized carbons (Fsp3) is 0.571. The number of carboxylic acids is 1. The summed E-state index contributed by atoms with van der Waals surface area (Å²) in [6.07, 6.45) is 2.37. The second kappa shape index (κ2) is 7.06. The molecule has 122 valence electrons. The third-order valence-corrected chi connectivity index (χ3v) is 2.52. The fourth-order valence-corrected chi connectivity index (χ4v) is 1.57. The molecule has 0 fully saturated rings. The summed E-state index contributed by atoms with van der Waals surface area (Å²) in [4.78, 5) is 32.9. The van der Waals surface area contributed by atoms with E-state index >= 15 is 0 Å². The number of amides is 1. The van der Waals surface area contributed by atoms with E-state index in [9.17, 15) is 14.7 Å². The summed E-state index contributed by atoms with van der Waals surface area (Å²) in [6, 6.07) is -1.11. The minimum atomic E-state index is -1.15. The van der Waals surface area contributed by atoms with Crippen molar-refractivity contribution in [3.63, 3.8) is 0 Å². The van der Waals surface area contributed by atoms with Crippen LogP contribution in [0.3, 0.4) is 0 Å². The van der Waals surface area contributed by atoms with Gasteiger partial charge < -0.3 is 20.1 Å². The van der Waals surface area contributed by atoms with E-state index in [0.717, 1.165) is 0 Å². The number of aliphatic carboxylic acids is 1. The Labute approximate surface area is 129 Å². The molecule has 1 atom stereocenters. The number of carbonyl (C=O) groups excluding carboxylic acids is 1. The third-order valence-electron chi connectivity index (χ3n) is 2.52. The van der Waals surface area contributed by atoms with E-state index in [0.29, 0.717) is 11.5 Å². The normalized spacial score (nSPS) is 12.4. The number of nitrogens with zero attached hydrogens (tertiary/aromatic N) is 3. The first-order chi connectivity index (χ1) is 10.1. The minimum absolute atomic E-state index is 0.0717. The molecule has 0 aromatic carbocycles. The first-order valence-electron chi connectivity index (χ1n) is 6.79. The van der Waals surface area contributed by atoms with Gasteiger partial charge in [0.05, 0.1) is 0 Å². The van der Waals surface area contributed by atoms with Crippen LogP contribution < -0.4 is 10.2 Å². The summed E-state index contributed by atoms with van der Waals surface area (Å²) in [5.74, 6) is -0.627. The van der Waals surface area contributed by atoms with Gasteiger partial charge in [-0.2, -0.15) is 0 Å². The number of carboxylic acid groups (broad SMARTS) is 1. The lowest BCUT2D eigenvalue weighted by molar-refractivity contribution is -0.139. The molecule has 0 aliphatic rings. The Kier molecular flexibility index (Phi) is 5.67. The van der Waals surface area contributed by atoms with E-state index in [2.05, 4.69) is 15.3 Å². The predicted molar refractivity (Wildman–Crippen MR) is 80.9 cm³/mol. The molecule has 0 aliphatic carbocycles. The number of aromatic nitrogens is 2. The van der Waals surface area contributed by atoms with Gasteiger partial charge in [-0.3, -0.25) is 0 Å². The summed E-state index contributed by atoms with van der Waals surface area (Å²) < 4.78 is 5.06. The zero-order valence-corrected chi connectivity index (χ0v) is 13.5. The van der Waals surface area contributed by atoms with Crippen molar-refractivity contribution in [2.75, 3.05) is 19.0 Å². The quantitative estimate of drug-likeness (QED) is 0.838. The number of rotatable bonds is 5. The van der Waals surface area contributed by atoms with Gasteiger partial charge in [-0.25, -0.2) is 19.6 Å².